The van der Waals surface area contributed by atoms with Gasteiger partial charge in [0, 0.05) is 30.5 Å². The van der Waals surface area contributed by atoms with Crippen LogP contribution in [0.25, 0.3) is 11.3 Å². The Labute approximate surface area is 214 Å². The van der Waals surface area contributed by atoms with Crippen molar-refractivity contribution >= 4 is 21.6 Å². The van der Waals surface area contributed by atoms with Crippen LogP contribution in [0, 0.1) is 18.6 Å². The van der Waals surface area contributed by atoms with E-state index in [1.165, 1.54) is 31.3 Å². The van der Waals surface area contributed by atoms with E-state index in [0.717, 1.165) is 23.0 Å². The number of benzene rings is 1. The van der Waals surface area contributed by atoms with E-state index in [2.05, 4.69) is 4.98 Å². The Balaban J connectivity index is 1.91. The van der Waals surface area contributed by atoms with Crippen molar-refractivity contribution in [2.75, 3.05) is 17.7 Å². The molecule has 1 aliphatic rings. The Morgan fingerprint density at radius 2 is 1.81 bits per heavy atom. The summed E-state index contributed by atoms with van der Waals surface area (Å²) in [7, 11) is -3.53. The average molecular weight is 534 g/mol. The number of pyridine rings is 1. The first kappa shape index (κ1) is 26.7. The molecule has 1 atom stereocenters. The maximum Gasteiger partial charge on any atom is 0.419 e. The van der Waals surface area contributed by atoms with E-state index in [1.807, 2.05) is 0 Å². The molecular formula is C26H29F2N3O5S. The monoisotopic (exact) mass is 533 g/mol. The number of rotatable bonds is 3. The van der Waals surface area contributed by atoms with Crippen LogP contribution >= 0.6 is 0 Å². The summed E-state index contributed by atoms with van der Waals surface area (Å²) < 4.78 is 60.2. The Hall–Kier alpha value is -3.31. The van der Waals surface area contributed by atoms with E-state index in [9.17, 15) is 27.1 Å². The van der Waals surface area contributed by atoms with Crippen molar-refractivity contribution in [3.8, 4) is 11.3 Å². The number of fused-ring (bicyclic) bond motifs is 1. The zero-order valence-electron chi connectivity index (χ0n) is 21.5. The molecule has 0 amide bonds. The van der Waals surface area contributed by atoms with Gasteiger partial charge in [-0.1, -0.05) is 6.07 Å². The molecule has 0 bridgehead atoms. The molecule has 3 aromatic rings. The molecule has 0 aliphatic carbocycles. The van der Waals surface area contributed by atoms with Gasteiger partial charge in [0.15, 0.2) is 20.6 Å². The summed E-state index contributed by atoms with van der Waals surface area (Å²) in [5.41, 5.74) is -1.47. The van der Waals surface area contributed by atoms with Crippen LogP contribution in [0.15, 0.2) is 41.6 Å². The molecule has 1 aliphatic heterocycles. The third-order valence-electron chi connectivity index (χ3n) is 6.23. The van der Waals surface area contributed by atoms with E-state index in [-0.39, 0.29) is 29.2 Å². The van der Waals surface area contributed by atoms with E-state index in [0.29, 0.717) is 16.9 Å². The topological polar surface area (TPSA) is 102 Å². The van der Waals surface area contributed by atoms with Gasteiger partial charge < -0.3 is 14.7 Å². The summed E-state index contributed by atoms with van der Waals surface area (Å²) in [5.74, 6) is -1.74. The molecule has 4 rings (SSSR count). The van der Waals surface area contributed by atoms with Crippen LogP contribution in [0.1, 0.15) is 44.5 Å². The molecule has 37 heavy (non-hydrogen) atoms. The average Bonchev–Trinajstić information content (AvgIpc) is 3.13. The van der Waals surface area contributed by atoms with Crippen LogP contribution in [0.3, 0.4) is 0 Å². The number of anilines is 1. The zero-order valence-corrected chi connectivity index (χ0v) is 22.3. The van der Waals surface area contributed by atoms with E-state index in [1.54, 1.807) is 32.6 Å². The van der Waals surface area contributed by atoms with Gasteiger partial charge in [0.2, 0.25) is 0 Å². The zero-order chi connectivity index (χ0) is 27.5. The largest absolute Gasteiger partial charge is 0.443 e. The molecular weight excluding hydrogens is 504 g/mol. The first-order chi connectivity index (χ1) is 17.0. The van der Waals surface area contributed by atoms with Crippen LogP contribution in [0.2, 0.25) is 0 Å². The molecule has 0 spiro atoms. The first-order valence-electron chi connectivity index (χ1n) is 11.6. The predicted octanol–water partition coefficient (Wildman–Crippen LogP) is 4.55. The molecule has 3 heterocycles. The highest BCUT2D eigenvalue weighted by Crippen LogP contribution is 2.42. The number of aliphatic hydroxyl groups is 1. The fraction of sp³-hybridized carbons (Fsp3) is 0.385. The summed E-state index contributed by atoms with van der Waals surface area (Å²) in [6, 6.07) is 6.21. The SMILES string of the molecule is Cc1cc(S(C)(=O)=O)ncc1N1CCc2c(cc(-c3c(F)cccc3F)n2C(=O)OC(C)(C)C)C1(C)O. The van der Waals surface area contributed by atoms with Gasteiger partial charge in [-0.25, -0.2) is 31.5 Å². The van der Waals surface area contributed by atoms with Crippen molar-refractivity contribution in [2.24, 2.45) is 0 Å². The lowest BCUT2D eigenvalue weighted by Gasteiger charge is -2.43. The van der Waals surface area contributed by atoms with Gasteiger partial charge in [0.1, 0.15) is 17.2 Å². The van der Waals surface area contributed by atoms with Crippen LogP contribution in [0.5, 0.6) is 0 Å². The molecule has 11 heteroatoms. The Kier molecular flexibility index (Phi) is 6.44. The molecule has 1 unspecified atom stereocenters. The minimum Gasteiger partial charge on any atom is -0.443 e. The number of sulfone groups is 1. The smallest absolute Gasteiger partial charge is 0.419 e. The molecule has 1 N–H and O–H groups in total. The van der Waals surface area contributed by atoms with E-state index in [4.69, 9.17) is 4.74 Å². The lowest BCUT2D eigenvalue weighted by molar-refractivity contribution is 0.0436. The van der Waals surface area contributed by atoms with Crippen molar-refractivity contribution in [3.05, 3.63) is 65.0 Å². The Morgan fingerprint density at radius 1 is 1.19 bits per heavy atom. The molecule has 198 valence electrons. The molecule has 2 aromatic heterocycles. The lowest BCUT2D eigenvalue weighted by atomic mass is 9.94. The number of aryl methyl sites for hydroxylation is 1. The first-order valence-corrected chi connectivity index (χ1v) is 13.5. The predicted molar refractivity (Wildman–Crippen MR) is 134 cm³/mol. The molecule has 0 radical (unpaired) electrons. The lowest BCUT2D eigenvalue weighted by Crippen LogP contribution is -2.49. The van der Waals surface area contributed by atoms with Crippen LogP contribution < -0.4 is 4.90 Å². The summed E-state index contributed by atoms with van der Waals surface area (Å²) in [5, 5.41) is 11.7. The number of carbonyl (C=O) groups excluding carboxylic acids is 1. The number of nitrogens with zero attached hydrogens (tertiary/aromatic N) is 3. The summed E-state index contributed by atoms with van der Waals surface area (Å²) in [6.45, 7) is 8.43. The van der Waals surface area contributed by atoms with Crippen molar-refractivity contribution in [3.63, 3.8) is 0 Å². The van der Waals surface area contributed by atoms with Gasteiger partial charge in [-0.15, -0.1) is 0 Å². The molecule has 0 saturated heterocycles. The van der Waals surface area contributed by atoms with Gasteiger partial charge in [-0.3, -0.25) is 0 Å². The Bertz CT molecular complexity index is 1490. The van der Waals surface area contributed by atoms with Crippen molar-refractivity contribution in [1.82, 2.24) is 9.55 Å². The van der Waals surface area contributed by atoms with Gasteiger partial charge in [-0.2, -0.15) is 0 Å². The highest BCUT2D eigenvalue weighted by Gasteiger charge is 2.42. The quantitative estimate of drug-likeness (QED) is 0.527. The van der Waals surface area contributed by atoms with Crippen LogP contribution in [-0.2, 0) is 26.7 Å². The number of hydrogen-bond acceptors (Lipinski definition) is 7. The number of carbonyl (C=O) groups is 1. The summed E-state index contributed by atoms with van der Waals surface area (Å²) >= 11 is 0. The van der Waals surface area contributed by atoms with Gasteiger partial charge in [0.05, 0.1) is 23.1 Å². The molecule has 1 aromatic carbocycles. The number of halogens is 2. The van der Waals surface area contributed by atoms with E-state index < -0.39 is 44.5 Å². The highest BCUT2D eigenvalue weighted by molar-refractivity contribution is 7.90. The van der Waals surface area contributed by atoms with Gasteiger partial charge in [-0.05, 0) is 64.4 Å². The fourth-order valence-corrected chi connectivity index (χ4v) is 5.23. The minimum absolute atomic E-state index is 0.0840. The summed E-state index contributed by atoms with van der Waals surface area (Å²) in [4.78, 5) is 19.0. The summed E-state index contributed by atoms with van der Waals surface area (Å²) in [6.07, 6.45) is 1.81. The maximum atomic E-state index is 14.9. The maximum absolute atomic E-state index is 14.9. The molecule has 8 nitrogen and oxygen atoms in total. The van der Waals surface area contributed by atoms with Crippen molar-refractivity contribution in [2.45, 2.75) is 57.4 Å². The number of ether oxygens (including phenoxy) is 1. The number of hydrogen-bond donors (Lipinski definition) is 1. The second kappa shape index (κ2) is 8.91. The fourth-order valence-electron chi connectivity index (χ4n) is 4.59. The minimum atomic E-state index is -3.53. The third-order valence-corrected chi connectivity index (χ3v) is 7.22. The van der Waals surface area contributed by atoms with Crippen LogP contribution in [0.4, 0.5) is 19.3 Å². The van der Waals surface area contributed by atoms with Crippen molar-refractivity contribution in [1.29, 1.82) is 0 Å². The normalized spacial score (nSPS) is 18.0. The Morgan fingerprint density at radius 3 is 2.35 bits per heavy atom. The number of aromatic nitrogens is 2. The molecule has 0 fully saturated rings. The molecule has 0 saturated carbocycles. The standard InChI is InChI=1S/C26H29F2N3O5S/c1-15-12-22(37(6,34)35)29-14-21(15)30-11-10-19-16(26(30,5)33)13-20(23-17(27)8-7-9-18(23)28)31(19)24(32)36-25(2,3)4/h7-9,12-14,33H,10-11H2,1-6H3. The second-order valence-corrected chi connectivity index (χ2v) is 12.3. The van der Waals surface area contributed by atoms with Gasteiger partial charge in [0.25, 0.3) is 0 Å². The highest BCUT2D eigenvalue weighted by atomic mass is 32.2. The van der Waals surface area contributed by atoms with E-state index >= 15 is 0 Å². The van der Waals surface area contributed by atoms with Crippen LogP contribution in [-0.4, -0.2) is 47.6 Å². The van der Waals surface area contributed by atoms with Crippen molar-refractivity contribution < 1.29 is 31.8 Å². The second-order valence-electron chi connectivity index (χ2n) is 10.3. The third kappa shape index (κ3) is 4.85. The van der Waals surface area contributed by atoms with Gasteiger partial charge >= 0.3 is 6.09 Å².